The molecule has 1 unspecified atom stereocenters. The summed E-state index contributed by atoms with van der Waals surface area (Å²) in [4.78, 5) is 11.4. The molecule has 1 aliphatic carbocycles. The Labute approximate surface area is 136 Å². The van der Waals surface area contributed by atoms with Crippen molar-refractivity contribution in [3.8, 4) is 0 Å². The lowest BCUT2D eigenvalue weighted by Crippen LogP contribution is -2.10. The van der Waals surface area contributed by atoms with E-state index in [2.05, 4.69) is 34.6 Å². The Balaban J connectivity index is 2.03. The zero-order chi connectivity index (χ0) is 16.2. The van der Waals surface area contributed by atoms with E-state index in [1.165, 1.54) is 6.92 Å². The van der Waals surface area contributed by atoms with Crippen molar-refractivity contribution >= 4 is 29.0 Å². The van der Waals surface area contributed by atoms with E-state index in [0.717, 1.165) is 34.6 Å². The van der Waals surface area contributed by atoms with Gasteiger partial charge in [0.15, 0.2) is 0 Å². The molecule has 4 nitrogen and oxygen atoms in total. The number of hydrogen-bond acceptors (Lipinski definition) is 3. The molecule has 1 N–H and O–H groups in total. The maximum atomic E-state index is 11.4. The largest absolute Gasteiger partial charge is 0.326 e. The van der Waals surface area contributed by atoms with Crippen LogP contribution in [-0.4, -0.2) is 5.91 Å². The lowest BCUT2D eigenvalue weighted by molar-refractivity contribution is -0.114. The highest BCUT2D eigenvalue weighted by molar-refractivity contribution is 5.92. The van der Waals surface area contributed by atoms with E-state index in [1.807, 2.05) is 42.5 Å². The fraction of sp³-hybridized carbons (Fsp3) is 0.211. The molecule has 0 radical (unpaired) electrons. The van der Waals surface area contributed by atoms with E-state index < -0.39 is 0 Å². The number of anilines is 1. The number of benzene rings is 2. The molecule has 23 heavy (non-hydrogen) atoms. The van der Waals surface area contributed by atoms with Gasteiger partial charge in [0, 0.05) is 18.2 Å². The molecule has 0 fully saturated rings. The van der Waals surface area contributed by atoms with E-state index in [4.69, 9.17) is 0 Å². The molecule has 2 aromatic carbocycles. The second-order valence-electron chi connectivity index (χ2n) is 5.72. The molecule has 3 rings (SSSR count). The summed E-state index contributed by atoms with van der Waals surface area (Å²) in [6, 6.07) is 13.5. The fourth-order valence-corrected chi connectivity index (χ4v) is 2.82. The van der Waals surface area contributed by atoms with Gasteiger partial charge in [0.2, 0.25) is 5.91 Å². The Bertz CT molecular complexity index is 779. The Morgan fingerprint density at radius 1 is 1.13 bits per heavy atom. The Morgan fingerprint density at radius 2 is 1.91 bits per heavy atom. The molecule has 0 saturated heterocycles. The predicted molar refractivity (Wildman–Crippen MR) is 93.4 cm³/mol. The van der Waals surface area contributed by atoms with Crippen LogP contribution in [0.1, 0.15) is 37.3 Å². The zero-order valence-corrected chi connectivity index (χ0v) is 13.3. The van der Waals surface area contributed by atoms with Gasteiger partial charge in [-0.1, -0.05) is 37.3 Å². The van der Waals surface area contributed by atoms with Gasteiger partial charge in [-0.3, -0.25) is 4.79 Å². The minimum atomic E-state index is -0.0718. The summed E-state index contributed by atoms with van der Waals surface area (Å²) in [5, 5.41) is 11.7. The van der Waals surface area contributed by atoms with Crippen LogP contribution in [0.2, 0.25) is 0 Å². The summed E-state index contributed by atoms with van der Waals surface area (Å²) >= 11 is 0. The van der Waals surface area contributed by atoms with Crippen LogP contribution in [0.4, 0.5) is 17.1 Å². The first kappa shape index (κ1) is 15.2. The first-order valence-corrected chi connectivity index (χ1v) is 7.73. The summed E-state index contributed by atoms with van der Waals surface area (Å²) in [7, 11) is 0. The molecule has 0 spiro atoms. The van der Waals surface area contributed by atoms with Gasteiger partial charge in [-0.05, 0) is 42.2 Å². The van der Waals surface area contributed by atoms with Crippen molar-refractivity contribution in [1.82, 2.24) is 0 Å². The van der Waals surface area contributed by atoms with E-state index in [9.17, 15) is 4.79 Å². The Morgan fingerprint density at radius 3 is 2.65 bits per heavy atom. The molecule has 2 aromatic rings. The van der Waals surface area contributed by atoms with E-state index in [0.29, 0.717) is 5.92 Å². The van der Waals surface area contributed by atoms with Gasteiger partial charge in [-0.25, -0.2) is 0 Å². The number of azo groups is 1. The third-order valence-corrected chi connectivity index (χ3v) is 3.87. The van der Waals surface area contributed by atoms with Crippen LogP contribution >= 0.6 is 0 Å². The van der Waals surface area contributed by atoms with E-state index in [1.54, 1.807) is 0 Å². The molecule has 0 bridgehead atoms. The molecule has 0 saturated carbocycles. The number of allylic oxidation sites excluding steroid dienone is 1. The first-order chi connectivity index (χ1) is 11.1. The van der Waals surface area contributed by atoms with Crippen LogP contribution in [0.3, 0.4) is 0 Å². The summed E-state index contributed by atoms with van der Waals surface area (Å²) in [6.45, 7) is 3.69. The smallest absolute Gasteiger partial charge is 0.221 e. The minimum Gasteiger partial charge on any atom is -0.326 e. The summed E-state index contributed by atoms with van der Waals surface area (Å²) in [6.07, 6.45) is 5.16. The van der Waals surface area contributed by atoms with E-state index in [-0.39, 0.29) is 5.91 Å². The van der Waals surface area contributed by atoms with Crippen molar-refractivity contribution in [2.75, 3.05) is 5.32 Å². The van der Waals surface area contributed by atoms with Gasteiger partial charge >= 0.3 is 0 Å². The average molecular weight is 305 g/mol. The van der Waals surface area contributed by atoms with Crippen molar-refractivity contribution in [1.29, 1.82) is 0 Å². The van der Waals surface area contributed by atoms with Crippen LogP contribution in [0, 0.1) is 0 Å². The third-order valence-electron chi connectivity index (χ3n) is 3.87. The fourth-order valence-electron chi connectivity index (χ4n) is 2.82. The lowest BCUT2D eigenvalue weighted by atomic mass is 9.86. The summed E-state index contributed by atoms with van der Waals surface area (Å²) in [5.74, 6) is 0.269. The van der Waals surface area contributed by atoms with Crippen molar-refractivity contribution in [3.05, 3.63) is 59.7 Å². The number of nitrogens with zero attached hydrogens (tertiary/aromatic N) is 2. The SMILES string of the molecule is CC(=O)Nc1ccc(N=Nc2ccccc2)c2c1C=CCC2C. The number of fused-ring (bicyclic) bond motifs is 1. The van der Waals surface area contributed by atoms with Gasteiger partial charge in [0.1, 0.15) is 0 Å². The van der Waals surface area contributed by atoms with Gasteiger partial charge in [0.05, 0.1) is 11.4 Å². The number of carbonyl (C=O) groups is 1. The molecule has 1 aliphatic rings. The number of nitrogens with one attached hydrogen (secondary N) is 1. The second kappa shape index (κ2) is 6.57. The highest BCUT2D eigenvalue weighted by atomic mass is 16.1. The standard InChI is InChI=1S/C19H19N3O/c1-13-7-6-10-16-17(20-14(2)23)11-12-18(19(13)16)22-21-15-8-4-3-5-9-15/h3-6,8-13H,7H2,1-2H3,(H,20,23). The highest BCUT2D eigenvalue weighted by Gasteiger charge is 2.20. The Hall–Kier alpha value is -2.75. The van der Waals surface area contributed by atoms with Crippen molar-refractivity contribution in [2.45, 2.75) is 26.2 Å². The maximum absolute atomic E-state index is 11.4. The van der Waals surface area contributed by atoms with Gasteiger partial charge in [-0.2, -0.15) is 10.2 Å². The van der Waals surface area contributed by atoms with Gasteiger partial charge in [-0.15, -0.1) is 0 Å². The molecule has 0 aliphatic heterocycles. The van der Waals surface area contributed by atoms with E-state index >= 15 is 0 Å². The molecule has 0 heterocycles. The first-order valence-electron chi connectivity index (χ1n) is 7.73. The van der Waals surface area contributed by atoms with Crippen molar-refractivity contribution < 1.29 is 4.79 Å². The lowest BCUT2D eigenvalue weighted by Gasteiger charge is -2.22. The number of rotatable bonds is 3. The summed E-state index contributed by atoms with van der Waals surface area (Å²) < 4.78 is 0. The van der Waals surface area contributed by atoms with Crippen LogP contribution in [-0.2, 0) is 4.79 Å². The minimum absolute atomic E-state index is 0.0718. The quantitative estimate of drug-likeness (QED) is 0.739. The predicted octanol–water partition coefficient (Wildman–Crippen LogP) is 5.58. The second-order valence-corrected chi connectivity index (χ2v) is 5.72. The van der Waals surface area contributed by atoms with Crippen LogP contribution < -0.4 is 5.32 Å². The monoisotopic (exact) mass is 305 g/mol. The number of hydrogen-bond donors (Lipinski definition) is 1. The number of amides is 1. The highest BCUT2D eigenvalue weighted by Crippen LogP contribution is 2.40. The zero-order valence-electron chi connectivity index (χ0n) is 13.3. The van der Waals surface area contributed by atoms with Crippen LogP contribution in [0.5, 0.6) is 0 Å². The topological polar surface area (TPSA) is 53.8 Å². The molecular formula is C19H19N3O. The molecule has 0 aromatic heterocycles. The maximum Gasteiger partial charge on any atom is 0.221 e. The third kappa shape index (κ3) is 3.37. The normalized spacial score (nSPS) is 16.3. The summed E-state index contributed by atoms with van der Waals surface area (Å²) in [5.41, 5.74) is 4.68. The Kier molecular flexibility index (Phi) is 4.33. The van der Waals surface area contributed by atoms with Crippen molar-refractivity contribution in [2.24, 2.45) is 10.2 Å². The molecule has 1 amide bonds. The molecule has 1 atom stereocenters. The van der Waals surface area contributed by atoms with Crippen molar-refractivity contribution in [3.63, 3.8) is 0 Å². The molecule has 4 heteroatoms. The van der Waals surface area contributed by atoms with Crippen LogP contribution in [0.15, 0.2) is 58.8 Å². The van der Waals surface area contributed by atoms with Gasteiger partial charge < -0.3 is 5.32 Å². The van der Waals surface area contributed by atoms with Gasteiger partial charge in [0.25, 0.3) is 0 Å². The molecular weight excluding hydrogens is 286 g/mol. The van der Waals surface area contributed by atoms with Crippen LogP contribution in [0.25, 0.3) is 6.08 Å². The number of carbonyl (C=O) groups excluding carboxylic acids is 1. The molecule has 116 valence electrons. The average Bonchev–Trinajstić information content (AvgIpc) is 2.55.